The Morgan fingerprint density at radius 3 is 2.57 bits per heavy atom. The number of hydrogen-bond acceptors (Lipinski definition) is 5. The fourth-order valence-corrected chi connectivity index (χ4v) is 5.38. The minimum absolute atomic E-state index is 0.0730. The molecule has 8 heteroatoms. The maximum atomic E-state index is 14.0. The Kier molecular flexibility index (Phi) is 5.87. The highest BCUT2D eigenvalue weighted by Gasteiger charge is 2.57. The smallest absolute Gasteiger partial charge is 0.319 e. The van der Waals surface area contributed by atoms with Gasteiger partial charge >= 0.3 is 6.03 Å². The van der Waals surface area contributed by atoms with Crippen LogP contribution in [0.25, 0.3) is 0 Å². The molecule has 1 unspecified atom stereocenters. The number of nitrogens with zero attached hydrogens (tertiary/aromatic N) is 1. The topological polar surface area (TPSA) is 89.1 Å². The van der Waals surface area contributed by atoms with Crippen LogP contribution in [-0.4, -0.2) is 38.4 Å². The molecule has 1 atom stereocenters. The molecule has 3 aromatic carbocycles. The fourth-order valence-electron chi connectivity index (χ4n) is 5.38. The molecule has 3 heterocycles. The zero-order chi connectivity index (χ0) is 25.4. The molecule has 2 N–H and O–H groups in total. The first-order valence-electron chi connectivity index (χ1n) is 12.7. The molecular weight excluding hydrogens is 470 g/mol. The van der Waals surface area contributed by atoms with Crippen molar-refractivity contribution in [1.29, 1.82) is 0 Å². The average molecular weight is 500 g/mol. The number of benzene rings is 3. The van der Waals surface area contributed by atoms with Crippen LogP contribution in [-0.2, 0) is 16.6 Å². The lowest BCUT2D eigenvalue weighted by Crippen LogP contribution is -2.45. The number of ether oxygens (including phenoxy) is 3. The maximum Gasteiger partial charge on any atom is 0.319 e. The van der Waals surface area contributed by atoms with E-state index in [4.69, 9.17) is 14.2 Å². The lowest BCUT2D eigenvalue weighted by atomic mass is 9.77. The van der Waals surface area contributed by atoms with Crippen LogP contribution in [0.4, 0.5) is 16.2 Å². The summed E-state index contributed by atoms with van der Waals surface area (Å²) in [5.41, 5.74) is 3.54. The Bertz CT molecular complexity index is 1360. The van der Waals surface area contributed by atoms with Crippen molar-refractivity contribution in [1.82, 2.24) is 5.32 Å². The molecule has 0 fully saturated rings. The van der Waals surface area contributed by atoms with Crippen LogP contribution in [0.5, 0.6) is 17.2 Å². The maximum absolute atomic E-state index is 14.0. The van der Waals surface area contributed by atoms with Gasteiger partial charge in [-0.15, -0.1) is 0 Å². The van der Waals surface area contributed by atoms with Gasteiger partial charge in [-0.2, -0.15) is 0 Å². The normalized spacial score (nSPS) is 18.5. The summed E-state index contributed by atoms with van der Waals surface area (Å²) in [4.78, 5) is 28.2. The van der Waals surface area contributed by atoms with Gasteiger partial charge in [0.2, 0.25) is 12.7 Å². The average Bonchev–Trinajstić information content (AvgIpc) is 3.59. The van der Waals surface area contributed by atoms with Gasteiger partial charge in [0.05, 0.1) is 0 Å². The number of anilines is 2. The van der Waals surface area contributed by atoms with Gasteiger partial charge in [-0.05, 0) is 48.2 Å². The standard InChI is InChI=1S/C29H29N3O5/c1-2-3-6-19-9-11-20(12-10-19)31-28(34)30-13-14-32-23-8-5-4-7-21(23)29(27(32)33)17-35-24-16-26-25(15-22(24)29)36-18-37-26/h4-5,7-12,15-16H,2-3,6,13-14,17-18H2,1H3,(H2,30,31,34). The molecule has 1 spiro atoms. The summed E-state index contributed by atoms with van der Waals surface area (Å²) in [6.45, 7) is 3.16. The molecule has 3 aliphatic rings. The van der Waals surface area contributed by atoms with Crippen LogP contribution < -0.4 is 29.7 Å². The molecule has 8 nitrogen and oxygen atoms in total. The number of unbranched alkanes of at least 4 members (excludes halogenated alkanes) is 1. The van der Waals surface area contributed by atoms with Crippen molar-refractivity contribution >= 4 is 23.3 Å². The van der Waals surface area contributed by atoms with E-state index in [1.54, 1.807) is 11.0 Å². The van der Waals surface area contributed by atoms with E-state index in [1.807, 2.05) is 54.6 Å². The van der Waals surface area contributed by atoms with E-state index in [9.17, 15) is 9.59 Å². The summed E-state index contributed by atoms with van der Waals surface area (Å²) >= 11 is 0. The first-order valence-corrected chi connectivity index (χ1v) is 12.7. The molecule has 3 aromatic rings. The highest BCUT2D eigenvalue weighted by molar-refractivity contribution is 6.11. The summed E-state index contributed by atoms with van der Waals surface area (Å²) in [7, 11) is 0. The van der Waals surface area contributed by atoms with E-state index in [0.717, 1.165) is 41.8 Å². The van der Waals surface area contributed by atoms with Gasteiger partial charge in [0.15, 0.2) is 11.5 Å². The molecular formula is C29H29N3O5. The number of carbonyl (C=O) groups excluding carboxylic acids is 2. The quantitative estimate of drug-likeness (QED) is 0.496. The molecule has 3 amide bonds. The Morgan fingerprint density at radius 2 is 1.76 bits per heavy atom. The Labute approximate surface area is 215 Å². The first-order chi connectivity index (χ1) is 18.1. The van der Waals surface area contributed by atoms with Crippen molar-refractivity contribution in [2.45, 2.75) is 31.6 Å². The molecule has 6 rings (SSSR count). The van der Waals surface area contributed by atoms with Gasteiger partial charge in [-0.25, -0.2) is 4.79 Å². The van der Waals surface area contributed by atoms with E-state index in [2.05, 4.69) is 17.6 Å². The van der Waals surface area contributed by atoms with Gasteiger partial charge in [0, 0.05) is 36.1 Å². The van der Waals surface area contributed by atoms with Crippen LogP contribution in [0.1, 0.15) is 36.5 Å². The van der Waals surface area contributed by atoms with Crippen molar-refractivity contribution in [2.24, 2.45) is 0 Å². The number of hydrogen-bond donors (Lipinski definition) is 2. The van der Waals surface area contributed by atoms with Gasteiger partial charge in [-0.1, -0.05) is 43.7 Å². The number of rotatable bonds is 7. The monoisotopic (exact) mass is 499 g/mol. The zero-order valence-corrected chi connectivity index (χ0v) is 20.7. The first kappa shape index (κ1) is 23.2. The van der Waals surface area contributed by atoms with E-state index >= 15 is 0 Å². The Morgan fingerprint density at radius 1 is 0.973 bits per heavy atom. The van der Waals surface area contributed by atoms with E-state index in [0.29, 0.717) is 30.3 Å². The number of para-hydroxylation sites is 1. The summed E-state index contributed by atoms with van der Waals surface area (Å²) in [6, 6.07) is 19.0. The van der Waals surface area contributed by atoms with Gasteiger partial charge < -0.3 is 29.7 Å². The molecule has 190 valence electrons. The van der Waals surface area contributed by atoms with Crippen LogP contribution >= 0.6 is 0 Å². The minimum Gasteiger partial charge on any atom is -0.491 e. The highest BCUT2D eigenvalue weighted by Crippen LogP contribution is 2.54. The SMILES string of the molecule is CCCCc1ccc(NC(=O)NCCN2C(=O)C3(COc4cc5c(cc43)OCO5)c3ccccc32)cc1. The second-order valence-corrected chi connectivity index (χ2v) is 9.55. The second kappa shape index (κ2) is 9.35. The molecule has 0 aromatic heterocycles. The third-order valence-electron chi connectivity index (χ3n) is 7.30. The summed E-state index contributed by atoms with van der Waals surface area (Å²) in [5.74, 6) is 1.80. The van der Waals surface area contributed by atoms with Crippen LogP contribution in [0.2, 0.25) is 0 Å². The van der Waals surface area contributed by atoms with Crippen LogP contribution in [0, 0.1) is 0 Å². The third-order valence-corrected chi connectivity index (χ3v) is 7.30. The Balaban J connectivity index is 1.15. The van der Waals surface area contributed by atoms with Crippen molar-refractivity contribution in [2.75, 3.05) is 36.7 Å². The molecule has 0 radical (unpaired) electrons. The fraction of sp³-hybridized carbons (Fsp3) is 0.310. The summed E-state index contributed by atoms with van der Waals surface area (Å²) in [5, 5.41) is 5.75. The number of urea groups is 1. The van der Waals surface area contributed by atoms with Crippen molar-refractivity contribution < 1.29 is 23.8 Å². The predicted octanol–water partition coefficient (Wildman–Crippen LogP) is 4.60. The van der Waals surface area contributed by atoms with Gasteiger partial charge in [0.25, 0.3) is 0 Å². The molecule has 3 aliphatic heterocycles. The van der Waals surface area contributed by atoms with Gasteiger partial charge in [0.1, 0.15) is 17.8 Å². The second-order valence-electron chi connectivity index (χ2n) is 9.55. The molecule has 37 heavy (non-hydrogen) atoms. The highest BCUT2D eigenvalue weighted by atomic mass is 16.7. The zero-order valence-electron chi connectivity index (χ0n) is 20.7. The minimum atomic E-state index is -0.950. The molecule has 0 saturated carbocycles. The third kappa shape index (κ3) is 3.93. The van der Waals surface area contributed by atoms with Crippen molar-refractivity contribution in [3.63, 3.8) is 0 Å². The molecule has 0 bridgehead atoms. The van der Waals surface area contributed by atoms with E-state index < -0.39 is 5.41 Å². The van der Waals surface area contributed by atoms with Gasteiger partial charge in [-0.3, -0.25) is 4.79 Å². The van der Waals surface area contributed by atoms with Crippen LogP contribution in [0.3, 0.4) is 0 Å². The number of fused-ring (bicyclic) bond motifs is 5. The van der Waals surface area contributed by atoms with Crippen molar-refractivity contribution in [3.05, 3.63) is 77.4 Å². The van der Waals surface area contributed by atoms with Crippen LogP contribution in [0.15, 0.2) is 60.7 Å². The Hall–Kier alpha value is -4.20. The lowest BCUT2D eigenvalue weighted by Gasteiger charge is -2.23. The number of carbonyl (C=O) groups is 2. The largest absolute Gasteiger partial charge is 0.491 e. The molecule has 0 saturated heterocycles. The van der Waals surface area contributed by atoms with E-state index in [-0.39, 0.29) is 25.3 Å². The van der Waals surface area contributed by atoms with Crippen molar-refractivity contribution in [3.8, 4) is 17.2 Å². The number of aryl methyl sites for hydroxylation is 1. The summed E-state index contributed by atoms with van der Waals surface area (Å²) < 4.78 is 17.1. The summed E-state index contributed by atoms with van der Waals surface area (Å²) in [6.07, 6.45) is 3.34. The van der Waals surface area contributed by atoms with E-state index in [1.165, 1.54) is 5.56 Å². The predicted molar refractivity (Wildman–Crippen MR) is 140 cm³/mol. The lowest BCUT2D eigenvalue weighted by molar-refractivity contribution is -0.122. The number of nitrogens with one attached hydrogen (secondary N) is 2. The molecule has 0 aliphatic carbocycles. The number of amides is 3.